The van der Waals surface area contributed by atoms with Crippen molar-refractivity contribution in [1.29, 1.82) is 0 Å². The Bertz CT molecular complexity index is 875. The second kappa shape index (κ2) is 7.43. The van der Waals surface area contributed by atoms with Crippen LogP contribution in [0.4, 0.5) is 5.82 Å². The molecule has 0 aliphatic carbocycles. The molecule has 6 nitrogen and oxygen atoms in total. The number of hydrogen-bond acceptors (Lipinski definition) is 6. The van der Waals surface area contributed by atoms with Crippen molar-refractivity contribution in [2.75, 3.05) is 25.2 Å². The van der Waals surface area contributed by atoms with Crippen molar-refractivity contribution in [3.05, 3.63) is 47.6 Å². The van der Waals surface area contributed by atoms with Crippen molar-refractivity contribution < 1.29 is 9.26 Å². The SMILES string of the molecule is CN(c1ccc(-c2nc(-c3cccc(Cl)c3)no2)cn1)C1CCOCC1. The van der Waals surface area contributed by atoms with Crippen molar-refractivity contribution in [2.45, 2.75) is 18.9 Å². The summed E-state index contributed by atoms with van der Waals surface area (Å²) < 4.78 is 10.8. The van der Waals surface area contributed by atoms with Crippen LogP contribution in [0, 0.1) is 0 Å². The van der Waals surface area contributed by atoms with Crippen molar-refractivity contribution in [2.24, 2.45) is 0 Å². The predicted octanol–water partition coefficient (Wildman–Crippen LogP) is 4.07. The van der Waals surface area contributed by atoms with Crippen LogP contribution in [0.25, 0.3) is 22.8 Å². The zero-order chi connectivity index (χ0) is 17.9. The average molecular weight is 371 g/mol. The minimum absolute atomic E-state index is 0.438. The van der Waals surface area contributed by atoms with E-state index in [0.717, 1.165) is 43.0 Å². The molecule has 0 saturated carbocycles. The Morgan fingerprint density at radius 1 is 1.12 bits per heavy atom. The van der Waals surface area contributed by atoms with Crippen molar-refractivity contribution in [1.82, 2.24) is 15.1 Å². The Morgan fingerprint density at radius 3 is 2.69 bits per heavy atom. The number of aromatic nitrogens is 3. The molecular formula is C19H19ClN4O2. The van der Waals surface area contributed by atoms with Crippen LogP contribution in [-0.2, 0) is 4.74 Å². The van der Waals surface area contributed by atoms with E-state index in [1.165, 1.54) is 0 Å². The molecule has 1 aromatic carbocycles. The maximum atomic E-state index is 6.02. The maximum absolute atomic E-state index is 6.02. The number of nitrogens with zero attached hydrogens (tertiary/aromatic N) is 4. The van der Waals surface area contributed by atoms with Crippen LogP contribution in [0.1, 0.15) is 12.8 Å². The van der Waals surface area contributed by atoms with Gasteiger partial charge in [-0.25, -0.2) is 4.98 Å². The highest BCUT2D eigenvalue weighted by molar-refractivity contribution is 6.30. The van der Waals surface area contributed by atoms with Crippen LogP contribution >= 0.6 is 11.6 Å². The molecule has 1 aliphatic rings. The minimum Gasteiger partial charge on any atom is -0.381 e. The van der Waals surface area contributed by atoms with Gasteiger partial charge in [-0.15, -0.1) is 0 Å². The van der Waals surface area contributed by atoms with Gasteiger partial charge in [-0.1, -0.05) is 28.9 Å². The van der Waals surface area contributed by atoms with E-state index in [1.54, 1.807) is 12.3 Å². The highest BCUT2D eigenvalue weighted by atomic mass is 35.5. The first-order chi connectivity index (χ1) is 12.7. The fourth-order valence-electron chi connectivity index (χ4n) is 3.07. The molecule has 0 N–H and O–H groups in total. The van der Waals surface area contributed by atoms with E-state index in [1.807, 2.05) is 30.3 Å². The van der Waals surface area contributed by atoms with Crippen LogP contribution in [0.5, 0.6) is 0 Å². The molecule has 134 valence electrons. The summed E-state index contributed by atoms with van der Waals surface area (Å²) >= 11 is 6.02. The number of halogens is 1. The van der Waals surface area contributed by atoms with Crippen LogP contribution in [-0.4, -0.2) is 41.4 Å². The molecule has 0 bridgehead atoms. The molecule has 2 aromatic heterocycles. The third kappa shape index (κ3) is 3.57. The van der Waals surface area contributed by atoms with Gasteiger partial charge in [0.05, 0.1) is 5.56 Å². The van der Waals surface area contributed by atoms with Gasteiger partial charge >= 0.3 is 0 Å². The third-order valence-corrected chi connectivity index (χ3v) is 4.84. The molecule has 0 unspecified atom stereocenters. The normalized spacial score (nSPS) is 15.2. The molecule has 0 radical (unpaired) electrons. The van der Waals surface area contributed by atoms with Crippen LogP contribution in [0.3, 0.4) is 0 Å². The lowest BCUT2D eigenvalue weighted by Gasteiger charge is -2.32. The highest BCUT2D eigenvalue weighted by Gasteiger charge is 2.20. The Kier molecular flexibility index (Phi) is 4.86. The topological polar surface area (TPSA) is 64.3 Å². The van der Waals surface area contributed by atoms with Gasteiger partial charge in [0, 0.05) is 43.1 Å². The second-order valence-corrected chi connectivity index (χ2v) is 6.73. The summed E-state index contributed by atoms with van der Waals surface area (Å²) in [6.45, 7) is 1.61. The van der Waals surface area contributed by atoms with E-state index in [2.05, 4.69) is 27.1 Å². The molecule has 0 atom stereocenters. The molecule has 1 saturated heterocycles. The van der Waals surface area contributed by atoms with Crippen molar-refractivity contribution >= 4 is 17.4 Å². The summed E-state index contributed by atoms with van der Waals surface area (Å²) in [6.07, 6.45) is 3.81. The summed E-state index contributed by atoms with van der Waals surface area (Å²) in [7, 11) is 2.07. The molecule has 0 amide bonds. The van der Waals surface area contributed by atoms with Crippen molar-refractivity contribution in [3.8, 4) is 22.8 Å². The Balaban J connectivity index is 1.52. The largest absolute Gasteiger partial charge is 0.381 e. The first-order valence-corrected chi connectivity index (χ1v) is 8.95. The first kappa shape index (κ1) is 17.0. The summed E-state index contributed by atoms with van der Waals surface area (Å²) in [5, 5.41) is 4.67. The predicted molar refractivity (Wildman–Crippen MR) is 100 cm³/mol. The first-order valence-electron chi connectivity index (χ1n) is 8.57. The Hall–Kier alpha value is -2.44. The number of hydrogen-bond donors (Lipinski definition) is 0. The maximum Gasteiger partial charge on any atom is 0.259 e. The van der Waals surface area contributed by atoms with Gasteiger partial charge in [0.25, 0.3) is 5.89 Å². The van der Waals surface area contributed by atoms with Gasteiger partial charge < -0.3 is 14.2 Å². The molecule has 0 spiro atoms. The smallest absolute Gasteiger partial charge is 0.259 e. The fourth-order valence-corrected chi connectivity index (χ4v) is 3.26. The second-order valence-electron chi connectivity index (χ2n) is 6.29. The van der Waals surface area contributed by atoms with E-state index in [9.17, 15) is 0 Å². The Morgan fingerprint density at radius 2 is 1.96 bits per heavy atom. The quantitative estimate of drug-likeness (QED) is 0.689. The van der Waals surface area contributed by atoms with Crippen LogP contribution in [0.2, 0.25) is 5.02 Å². The van der Waals surface area contributed by atoms with E-state index in [4.69, 9.17) is 20.9 Å². The van der Waals surface area contributed by atoms with E-state index in [0.29, 0.717) is 22.8 Å². The number of rotatable bonds is 4. The molecule has 26 heavy (non-hydrogen) atoms. The molecule has 3 aromatic rings. The minimum atomic E-state index is 0.438. The van der Waals surface area contributed by atoms with Gasteiger partial charge in [-0.2, -0.15) is 4.98 Å². The molecule has 3 heterocycles. The number of ether oxygens (including phenoxy) is 1. The van der Waals surface area contributed by atoms with E-state index >= 15 is 0 Å². The van der Waals surface area contributed by atoms with Gasteiger partial charge in [-0.3, -0.25) is 0 Å². The van der Waals surface area contributed by atoms with E-state index < -0.39 is 0 Å². The molecule has 1 aliphatic heterocycles. The standard InChI is InChI=1S/C19H19ClN4O2/c1-24(16-7-9-25-10-8-16)17-6-5-14(12-21-17)19-22-18(23-26-19)13-3-2-4-15(20)11-13/h2-6,11-12,16H,7-10H2,1H3. The summed E-state index contributed by atoms with van der Waals surface area (Å²) in [5.74, 6) is 1.87. The zero-order valence-corrected chi connectivity index (χ0v) is 15.2. The lowest BCUT2D eigenvalue weighted by atomic mass is 10.1. The molecule has 4 rings (SSSR count). The average Bonchev–Trinajstić information content (AvgIpc) is 3.18. The molecular weight excluding hydrogens is 352 g/mol. The molecule has 1 fully saturated rings. The summed E-state index contributed by atoms with van der Waals surface area (Å²) in [4.78, 5) is 11.2. The highest BCUT2D eigenvalue weighted by Crippen LogP contribution is 2.25. The zero-order valence-electron chi connectivity index (χ0n) is 14.4. The van der Waals surface area contributed by atoms with Gasteiger partial charge in [0.2, 0.25) is 5.82 Å². The van der Waals surface area contributed by atoms with Gasteiger partial charge in [0.15, 0.2) is 0 Å². The van der Waals surface area contributed by atoms with Gasteiger partial charge in [0.1, 0.15) is 5.82 Å². The monoisotopic (exact) mass is 370 g/mol. The third-order valence-electron chi connectivity index (χ3n) is 4.60. The Labute approximate surface area is 156 Å². The summed E-state index contributed by atoms with van der Waals surface area (Å²) in [5.41, 5.74) is 1.60. The number of benzene rings is 1. The van der Waals surface area contributed by atoms with Crippen LogP contribution < -0.4 is 4.90 Å². The molecule has 7 heteroatoms. The lowest BCUT2D eigenvalue weighted by molar-refractivity contribution is 0.0853. The van der Waals surface area contributed by atoms with Crippen LogP contribution in [0.15, 0.2) is 47.1 Å². The summed E-state index contributed by atoms with van der Waals surface area (Å²) in [6, 6.07) is 11.8. The van der Waals surface area contributed by atoms with Crippen molar-refractivity contribution in [3.63, 3.8) is 0 Å². The number of anilines is 1. The van der Waals surface area contributed by atoms with E-state index in [-0.39, 0.29) is 0 Å². The lowest BCUT2D eigenvalue weighted by Crippen LogP contribution is -2.37. The van der Waals surface area contributed by atoms with Gasteiger partial charge in [-0.05, 0) is 37.1 Å². The number of pyridine rings is 1. The fraction of sp³-hybridized carbons (Fsp3) is 0.316.